The van der Waals surface area contributed by atoms with Gasteiger partial charge in [-0.25, -0.2) is 0 Å². The van der Waals surface area contributed by atoms with Crippen molar-refractivity contribution in [3.05, 3.63) is 60.2 Å². The molecule has 0 aliphatic rings. The summed E-state index contributed by atoms with van der Waals surface area (Å²) in [5.41, 5.74) is 2.04. The Morgan fingerprint density at radius 3 is 2.25 bits per heavy atom. The van der Waals surface area contributed by atoms with E-state index in [0.717, 1.165) is 17.6 Å². The fraction of sp³-hybridized carbons (Fsp3) is 0.143. The zero-order chi connectivity index (χ0) is 11.2. The van der Waals surface area contributed by atoms with Gasteiger partial charge in [-0.1, -0.05) is 47.9 Å². The van der Waals surface area contributed by atoms with Crippen LogP contribution in [0.15, 0.2) is 54.6 Å². The van der Waals surface area contributed by atoms with Crippen molar-refractivity contribution in [2.24, 2.45) is 0 Å². The van der Waals surface area contributed by atoms with Crippen LogP contribution in [-0.2, 0) is 6.42 Å². The standard InChI is InChI=1S/C14H13BO/c15-13-8-6-12(7-9-13)10-11-16-14-4-2-1-3-5-14/h1-9H,10-11H2. The molecule has 1 nitrogen and oxygen atoms in total. The molecule has 0 atom stereocenters. The Balaban J connectivity index is 1.82. The van der Waals surface area contributed by atoms with Gasteiger partial charge in [-0.15, -0.1) is 0 Å². The Labute approximate surface area is 97.5 Å². The van der Waals surface area contributed by atoms with Crippen LogP contribution in [0.25, 0.3) is 0 Å². The first kappa shape index (κ1) is 10.8. The third-order valence-corrected chi connectivity index (χ3v) is 2.38. The fourth-order valence-corrected chi connectivity index (χ4v) is 1.49. The molecule has 2 rings (SSSR count). The molecular weight excluding hydrogens is 195 g/mol. The van der Waals surface area contributed by atoms with Gasteiger partial charge in [0.05, 0.1) is 6.61 Å². The van der Waals surface area contributed by atoms with Crippen molar-refractivity contribution in [1.29, 1.82) is 0 Å². The molecule has 0 heterocycles. The van der Waals surface area contributed by atoms with Crippen LogP contribution < -0.4 is 10.2 Å². The van der Waals surface area contributed by atoms with Crippen LogP contribution in [0.4, 0.5) is 0 Å². The summed E-state index contributed by atoms with van der Waals surface area (Å²) >= 11 is 0. The Bertz CT molecular complexity index is 422. The van der Waals surface area contributed by atoms with Crippen LogP contribution >= 0.6 is 0 Å². The van der Waals surface area contributed by atoms with Crippen molar-refractivity contribution in [3.8, 4) is 5.75 Å². The number of ether oxygens (including phenoxy) is 1. The molecule has 0 aromatic heterocycles. The van der Waals surface area contributed by atoms with E-state index in [2.05, 4.69) is 0 Å². The maximum atomic E-state index is 5.62. The lowest BCUT2D eigenvalue weighted by atomic mass is 9.95. The molecule has 16 heavy (non-hydrogen) atoms. The third-order valence-electron chi connectivity index (χ3n) is 2.38. The van der Waals surface area contributed by atoms with Crippen molar-refractivity contribution < 1.29 is 4.74 Å². The molecule has 2 radical (unpaired) electrons. The van der Waals surface area contributed by atoms with Gasteiger partial charge in [-0.3, -0.25) is 0 Å². The molecule has 78 valence electrons. The summed E-state index contributed by atoms with van der Waals surface area (Å²) in [5, 5.41) is 0. The maximum Gasteiger partial charge on any atom is 0.119 e. The highest BCUT2D eigenvalue weighted by Gasteiger charge is 1.94. The monoisotopic (exact) mass is 208 g/mol. The Morgan fingerprint density at radius 2 is 1.56 bits per heavy atom. The molecule has 0 aliphatic heterocycles. The van der Waals surface area contributed by atoms with Crippen LogP contribution in [0, 0.1) is 0 Å². The molecule has 2 aromatic rings. The summed E-state index contributed by atoms with van der Waals surface area (Å²) in [6, 6.07) is 17.7. The number of para-hydroxylation sites is 1. The molecule has 0 bridgehead atoms. The van der Waals surface area contributed by atoms with Gasteiger partial charge in [0.25, 0.3) is 0 Å². The zero-order valence-corrected chi connectivity index (χ0v) is 9.10. The molecule has 0 amide bonds. The van der Waals surface area contributed by atoms with E-state index in [4.69, 9.17) is 12.6 Å². The number of rotatable bonds is 4. The number of hydrogen-bond acceptors (Lipinski definition) is 1. The largest absolute Gasteiger partial charge is 0.493 e. The van der Waals surface area contributed by atoms with Crippen LogP contribution in [-0.4, -0.2) is 14.5 Å². The van der Waals surface area contributed by atoms with Gasteiger partial charge in [0.2, 0.25) is 0 Å². The smallest absolute Gasteiger partial charge is 0.119 e. The second-order valence-corrected chi connectivity index (χ2v) is 3.65. The van der Waals surface area contributed by atoms with Crippen LogP contribution in [0.1, 0.15) is 5.56 Å². The quantitative estimate of drug-likeness (QED) is 0.699. The van der Waals surface area contributed by atoms with Crippen molar-refractivity contribution in [2.75, 3.05) is 6.61 Å². The molecule has 0 saturated heterocycles. The van der Waals surface area contributed by atoms with Crippen molar-refractivity contribution in [3.63, 3.8) is 0 Å². The lowest BCUT2D eigenvalue weighted by Gasteiger charge is -2.06. The van der Waals surface area contributed by atoms with E-state index < -0.39 is 0 Å². The molecular formula is C14H13BO. The Morgan fingerprint density at radius 1 is 0.875 bits per heavy atom. The first-order valence-electron chi connectivity index (χ1n) is 5.37. The Kier molecular flexibility index (Phi) is 3.65. The van der Waals surface area contributed by atoms with Crippen molar-refractivity contribution in [2.45, 2.75) is 6.42 Å². The predicted molar refractivity (Wildman–Crippen MR) is 67.5 cm³/mol. The van der Waals surface area contributed by atoms with E-state index in [9.17, 15) is 0 Å². The molecule has 0 spiro atoms. The van der Waals surface area contributed by atoms with Crippen LogP contribution in [0.2, 0.25) is 0 Å². The summed E-state index contributed by atoms with van der Waals surface area (Å²) in [6.07, 6.45) is 0.898. The van der Waals surface area contributed by atoms with Gasteiger partial charge in [-0.2, -0.15) is 0 Å². The number of benzene rings is 2. The molecule has 0 unspecified atom stereocenters. The topological polar surface area (TPSA) is 9.23 Å². The molecule has 0 saturated carbocycles. The average molecular weight is 208 g/mol. The van der Waals surface area contributed by atoms with Gasteiger partial charge in [0.1, 0.15) is 13.6 Å². The lowest BCUT2D eigenvalue weighted by Crippen LogP contribution is -2.04. The number of hydrogen-bond donors (Lipinski definition) is 0. The summed E-state index contributed by atoms with van der Waals surface area (Å²) < 4.78 is 5.61. The van der Waals surface area contributed by atoms with Gasteiger partial charge in [-0.05, 0) is 17.7 Å². The van der Waals surface area contributed by atoms with Gasteiger partial charge < -0.3 is 4.74 Å². The second-order valence-electron chi connectivity index (χ2n) is 3.65. The zero-order valence-electron chi connectivity index (χ0n) is 9.10. The van der Waals surface area contributed by atoms with E-state index in [0.29, 0.717) is 6.61 Å². The molecule has 0 N–H and O–H groups in total. The first-order valence-corrected chi connectivity index (χ1v) is 5.37. The summed E-state index contributed by atoms with van der Waals surface area (Å²) in [4.78, 5) is 0. The highest BCUT2D eigenvalue weighted by Crippen LogP contribution is 2.09. The molecule has 2 heteroatoms. The van der Waals surface area contributed by atoms with Gasteiger partial charge in [0, 0.05) is 6.42 Å². The van der Waals surface area contributed by atoms with E-state index in [-0.39, 0.29) is 0 Å². The Hall–Kier alpha value is -1.70. The van der Waals surface area contributed by atoms with E-state index in [1.807, 2.05) is 54.6 Å². The average Bonchev–Trinajstić information content (AvgIpc) is 2.33. The van der Waals surface area contributed by atoms with Crippen LogP contribution in [0.3, 0.4) is 0 Å². The minimum absolute atomic E-state index is 0.688. The SMILES string of the molecule is [B]c1ccc(CCOc2ccccc2)cc1. The minimum Gasteiger partial charge on any atom is -0.493 e. The highest BCUT2D eigenvalue weighted by molar-refractivity contribution is 6.32. The van der Waals surface area contributed by atoms with Crippen LogP contribution in [0.5, 0.6) is 5.75 Å². The minimum atomic E-state index is 0.688. The third kappa shape index (κ3) is 3.16. The van der Waals surface area contributed by atoms with Crippen molar-refractivity contribution in [1.82, 2.24) is 0 Å². The normalized spacial score (nSPS) is 10.0. The highest BCUT2D eigenvalue weighted by atomic mass is 16.5. The molecule has 2 aromatic carbocycles. The van der Waals surface area contributed by atoms with E-state index in [1.165, 1.54) is 5.56 Å². The summed E-state index contributed by atoms with van der Waals surface area (Å²) in [6.45, 7) is 0.688. The summed E-state index contributed by atoms with van der Waals surface area (Å²) in [5.74, 6) is 0.915. The van der Waals surface area contributed by atoms with Crippen molar-refractivity contribution >= 4 is 13.3 Å². The summed E-state index contributed by atoms with van der Waals surface area (Å²) in [7, 11) is 5.62. The lowest BCUT2D eigenvalue weighted by molar-refractivity contribution is 0.322. The second kappa shape index (κ2) is 5.41. The van der Waals surface area contributed by atoms with Gasteiger partial charge >= 0.3 is 0 Å². The fourth-order valence-electron chi connectivity index (χ4n) is 1.49. The van der Waals surface area contributed by atoms with E-state index in [1.54, 1.807) is 0 Å². The van der Waals surface area contributed by atoms with Gasteiger partial charge in [0.15, 0.2) is 0 Å². The predicted octanol–water partition coefficient (Wildman–Crippen LogP) is 2.10. The molecule has 0 fully saturated rings. The first-order chi connectivity index (χ1) is 7.84. The molecule has 0 aliphatic carbocycles. The maximum absolute atomic E-state index is 5.62. The van der Waals surface area contributed by atoms with E-state index >= 15 is 0 Å².